The molecule has 0 heterocycles. The number of hydrogen-bond acceptors (Lipinski definition) is 1. The topological polar surface area (TPSA) is 29.1 Å². The van der Waals surface area contributed by atoms with Crippen LogP contribution in [0.5, 0.6) is 0 Å². The maximum Gasteiger partial charge on any atom is 0.426 e. The van der Waals surface area contributed by atoms with E-state index in [2.05, 4.69) is 5.32 Å². The van der Waals surface area contributed by atoms with Gasteiger partial charge in [-0.15, -0.1) is 0 Å². The van der Waals surface area contributed by atoms with E-state index >= 15 is 0 Å². The number of hydrogen-bond donors (Lipinski definition) is 1. The summed E-state index contributed by atoms with van der Waals surface area (Å²) in [6, 6.07) is 7.23. The molecule has 22 heavy (non-hydrogen) atoms. The molecule has 120 valence electrons. The first kappa shape index (κ1) is 16.9. The predicted molar refractivity (Wildman–Crippen MR) is 80.6 cm³/mol. The largest absolute Gasteiger partial charge is 0.426 e. The number of carbonyl (C=O) groups is 1. The molecule has 1 N–H and O–H groups in total. The van der Waals surface area contributed by atoms with E-state index in [-0.39, 0.29) is 5.91 Å². The van der Waals surface area contributed by atoms with E-state index in [0.29, 0.717) is 5.69 Å². The summed E-state index contributed by atoms with van der Waals surface area (Å²) in [6.45, 7) is 5.44. The summed E-state index contributed by atoms with van der Waals surface area (Å²) >= 11 is 5.27. The molecule has 0 aliphatic heterocycles. The van der Waals surface area contributed by atoms with Gasteiger partial charge in [-0.05, 0) is 30.4 Å². The second-order valence-corrected chi connectivity index (χ2v) is 6.60. The van der Waals surface area contributed by atoms with Crippen LogP contribution in [0, 0.1) is 24.2 Å². The van der Waals surface area contributed by atoms with Gasteiger partial charge < -0.3 is 5.32 Å². The number of rotatable bonds is 3. The molecule has 0 unspecified atom stereocenters. The zero-order chi connectivity index (χ0) is 16.7. The Hall–Kier alpha value is -1.49. The third kappa shape index (κ3) is 3.46. The average molecular weight is 332 g/mol. The third-order valence-electron chi connectivity index (χ3n) is 4.11. The Labute approximate surface area is 132 Å². The van der Waals surface area contributed by atoms with Crippen LogP contribution in [0.1, 0.15) is 19.4 Å². The second-order valence-electron chi connectivity index (χ2n) is 6.19. The Bertz CT molecular complexity index is 605. The first-order chi connectivity index (χ1) is 10.0. The lowest BCUT2D eigenvalue weighted by Crippen LogP contribution is -2.16. The van der Waals surface area contributed by atoms with E-state index in [1.165, 1.54) is 0 Å². The summed E-state index contributed by atoms with van der Waals surface area (Å²) < 4.78 is 37.5. The zero-order valence-electron chi connectivity index (χ0n) is 12.5. The maximum absolute atomic E-state index is 12.5. The summed E-state index contributed by atoms with van der Waals surface area (Å²) in [7, 11) is 0. The first-order valence-corrected chi connectivity index (χ1v) is 7.23. The van der Waals surface area contributed by atoms with Crippen LogP contribution in [-0.4, -0.2) is 12.1 Å². The van der Waals surface area contributed by atoms with Gasteiger partial charge in [-0.1, -0.05) is 49.2 Å². The van der Waals surface area contributed by atoms with Crippen molar-refractivity contribution in [3.8, 4) is 0 Å². The first-order valence-electron chi connectivity index (χ1n) is 6.85. The number of anilines is 1. The second kappa shape index (κ2) is 5.61. The highest BCUT2D eigenvalue weighted by molar-refractivity contribution is 6.30. The number of benzene rings is 1. The molecule has 1 aromatic rings. The van der Waals surface area contributed by atoms with Crippen LogP contribution in [0.2, 0.25) is 0 Å². The van der Waals surface area contributed by atoms with E-state index < -0.39 is 28.5 Å². The lowest BCUT2D eigenvalue weighted by molar-refractivity contribution is -0.118. The molecule has 2 atom stereocenters. The van der Waals surface area contributed by atoms with Crippen molar-refractivity contribution in [3.05, 3.63) is 40.9 Å². The number of aryl methyl sites for hydroxylation is 1. The monoisotopic (exact) mass is 331 g/mol. The lowest BCUT2D eigenvalue weighted by Gasteiger charge is -2.06. The zero-order valence-corrected chi connectivity index (χ0v) is 13.2. The number of alkyl halides is 3. The quantitative estimate of drug-likeness (QED) is 0.839. The molecule has 1 aliphatic carbocycles. The molecule has 1 fully saturated rings. The number of nitrogens with one attached hydrogen (secondary N) is 1. The minimum absolute atomic E-state index is 0.290. The van der Waals surface area contributed by atoms with Crippen molar-refractivity contribution in [1.29, 1.82) is 0 Å². The van der Waals surface area contributed by atoms with Crippen molar-refractivity contribution in [1.82, 2.24) is 0 Å². The Morgan fingerprint density at radius 3 is 2.32 bits per heavy atom. The molecule has 1 aliphatic rings. The van der Waals surface area contributed by atoms with Gasteiger partial charge in [0.2, 0.25) is 5.91 Å². The molecule has 0 radical (unpaired) electrons. The van der Waals surface area contributed by atoms with Crippen LogP contribution >= 0.6 is 11.6 Å². The maximum atomic E-state index is 12.5. The molecule has 0 aromatic heterocycles. The fourth-order valence-corrected chi connectivity index (χ4v) is 2.73. The summed E-state index contributed by atoms with van der Waals surface area (Å²) in [6.07, 6.45) is -3.63. The van der Waals surface area contributed by atoms with Crippen LogP contribution in [0.3, 0.4) is 0 Å². The van der Waals surface area contributed by atoms with Gasteiger partial charge in [-0.3, -0.25) is 4.79 Å². The fraction of sp³-hybridized carbons (Fsp3) is 0.438. The number of halogens is 4. The van der Waals surface area contributed by atoms with E-state index in [1.807, 2.05) is 19.1 Å². The van der Waals surface area contributed by atoms with Crippen molar-refractivity contribution in [2.45, 2.75) is 26.9 Å². The lowest BCUT2D eigenvalue weighted by atomic mass is 10.1. The van der Waals surface area contributed by atoms with Gasteiger partial charge >= 0.3 is 6.18 Å². The van der Waals surface area contributed by atoms with Crippen molar-refractivity contribution in [2.24, 2.45) is 17.3 Å². The Morgan fingerprint density at radius 1 is 1.27 bits per heavy atom. The Kier molecular flexibility index (Phi) is 4.30. The van der Waals surface area contributed by atoms with Crippen molar-refractivity contribution in [3.63, 3.8) is 0 Å². The summed E-state index contributed by atoms with van der Waals surface area (Å²) in [5.74, 6) is -1.33. The van der Waals surface area contributed by atoms with Crippen LogP contribution in [0.15, 0.2) is 35.4 Å². The van der Waals surface area contributed by atoms with Crippen LogP contribution in [0.25, 0.3) is 0 Å². The van der Waals surface area contributed by atoms with Crippen molar-refractivity contribution < 1.29 is 18.0 Å². The molecule has 1 aromatic carbocycles. The third-order valence-corrected chi connectivity index (χ3v) is 4.45. The van der Waals surface area contributed by atoms with Gasteiger partial charge in [0.15, 0.2) is 0 Å². The van der Waals surface area contributed by atoms with Crippen LogP contribution in [-0.2, 0) is 4.79 Å². The number of allylic oxidation sites excluding steroid dienone is 2. The van der Waals surface area contributed by atoms with Crippen molar-refractivity contribution in [2.75, 3.05) is 5.32 Å². The minimum atomic E-state index is -4.57. The van der Waals surface area contributed by atoms with Crippen molar-refractivity contribution >= 4 is 23.2 Å². The van der Waals surface area contributed by atoms with E-state index in [1.54, 1.807) is 26.0 Å². The molecule has 0 spiro atoms. The Morgan fingerprint density at radius 2 is 1.82 bits per heavy atom. The summed E-state index contributed by atoms with van der Waals surface area (Å²) in [5.41, 5.74) is 1.14. The molecular weight excluding hydrogens is 315 g/mol. The smallest absolute Gasteiger partial charge is 0.326 e. The predicted octanol–water partition coefficient (Wildman–Crippen LogP) is 4.89. The van der Waals surface area contributed by atoms with Gasteiger partial charge in [0.05, 0.1) is 5.92 Å². The van der Waals surface area contributed by atoms with Gasteiger partial charge in [-0.25, -0.2) is 0 Å². The standard InChI is InChI=1S/C16H17ClF3NO/c1-9-4-6-10(7-5-9)21-14(22)13-11(15(13,2)3)8-12(17)16(18,19)20/h4-8,11,13H,1-3H3,(H,21,22)/b12-8-/t11-,13-/m1/s1. The Balaban J connectivity index is 2.09. The molecule has 2 nitrogen and oxygen atoms in total. The number of carbonyl (C=O) groups excluding carboxylic acids is 1. The molecule has 2 rings (SSSR count). The molecule has 6 heteroatoms. The fourth-order valence-electron chi connectivity index (χ4n) is 2.60. The van der Waals surface area contributed by atoms with Gasteiger partial charge in [0.1, 0.15) is 5.03 Å². The molecule has 0 bridgehead atoms. The molecular formula is C16H17ClF3NO. The van der Waals surface area contributed by atoms with Gasteiger partial charge in [0.25, 0.3) is 0 Å². The normalized spacial score (nSPS) is 24.0. The van der Waals surface area contributed by atoms with Gasteiger partial charge in [-0.2, -0.15) is 13.2 Å². The van der Waals surface area contributed by atoms with Crippen LogP contribution in [0.4, 0.5) is 18.9 Å². The average Bonchev–Trinajstić information content (AvgIpc) is 2.92. The summed E-state index contributed by atoms with van der Waals surface area (Å²) in [4.78, 5) is 12.3. The highest BCUT2D eigenvalue weighted by atomic mass is 35.5. The highest BCUT2D eigenvalue weighted by Gasteiger charge is 2.61. The minimum Gasteiger partial charge on any atom is -0.326 e. The van der Waals surface area contributed by atoms with E-state index in [0.717, 1.165) is 11.6 Å². The SMILES string of the molecule is Cc1ccc(NC(=O)[C@H]2[C@@H](/C=C(\Cl)C(F)(F)F)C2(C)C)cc1. The van der Waals surface area contributed by atoms with E-state index in [9.17, 15) is 18.0 Å². The van der Waals surface area contributed by atoms with E-state index in [4.69, 9.17) is 11.6 Å². The molecule has 1 amide bonds. The summed E-state index contributed by atoms with van der Waals surface area (Å²) in [5, 5.41) is 1.57. The molecule has 1 saturated carbocycles. The van der Waals surface area contributed by atoms with Gasteiger partial charge in [0, 0.05) is 5.69 Å². The van der Waals surface area contributed by atoms with Crippen LogP contribution < -0.4 is 5.32 Å². The number of amides is 1. The molecule has 0 saturated heterocycles. The highest BCUT2D eigenvalue weighted by Crippen LogP contribution is 2.60.